The summed E-state index contributed by atoms with van der Waals surface area (Å²) in [5.41, 5.74) is -1.20. The van der Waals surface area contributed by atoms with E-state index in [1.54, 1.807) is 30.2 Å². The lowest BCUT2D eigenvalue weighted by Gasteiger charge is -2.33. The molecule has 0 fully saturated rings. The van der Waals surface area contributed by atoms with E-state index in [4.69, 9.17) is 14.2 Å². The molecule has 0 spiro atoms. The van der Waals surface area contributed by atoms with E-state index in [0.29, 0.717) is 13.1 Å². The topological polar surface area (TPSA) is 159 Å². The number of unbranched alkanes of at least 4 members (excludes halogenated alkanes) is 1. The number of methoxy groups -OCH3 is 2. The molecule has 0 bridgehead atoms. The summed E-state index contributed by atoms with van der Waals surface area (Å²) < 4.78 is 60.9. The van der Waals surface area contributed by atoms with Crippen LogP contribution in [-0.2, 0) is 30.8 Å². The van der Waals surface area contributed by atoms with Crippen LogP contribution in [0.2, 0.25) is 0 Å². The zero-order valence-corrected chi connectivity index (χ0v) is 29.3. The minimum absolute atomic E-state index is 0.0406. The van der Waals surface area contributed by atoms with Gasteiger partial charge in [-0.25, -0.2) is 22.3 Å². The second-order valence-corrected chi connectivity index (χ2v) is 14.7. The third-order valence-corrected chi connectivity index (χ3v) is 10.0. The number of carbonyl (C=O) groups is 3. The Morgan fingerprint density at radius 1 is 1.15 bits per heavy atom. The van der Waals surface area contributed by atoms with Gasteiger partial charge in [0.05, 0.1) is 44.1 Å². The van der Waals surface area contributed by atoms with Gasteiger partial charge in [-0.3, -0.25) is 18.7 Å². The first kappa shape index (κ1) is 36.4. The number of hydrogen-bond acceptors (Lipinski definition) is 10. The number of esters is 2. The molecule has 0 saturated carbocycles. The summed E-state index contributed by atoms with van der Waals surface area (Å²) in [5.74, 6) is -2.88. The van der Waals surface area contributed by atoms with E-state index in [2.05, 4.69) is 5.10 Å². The summed E-state index contributed by atoms with van der Waals surface area (Å²) in [5, 5.41) is 4.42. The molecule has 16 heteroatoms. The van der Waals surface area contributed by atoms with Crippen LogP contribution in [0, 0.1) is 11.2 Å². The first-order valence-corrected chi connectivity index (χ1v) is 17.1. The lowest BCUT2D eigenvalue weighted by molar-refractivity contribution is -0.153. The van der Waals surface area contributed by atoms with Crippen LogP contribution in [0.4, 0.5) is 10.2 Å². The van der Waals surface area contributed by atoms with Gasteiger partial charge in [-0.05, 0) is 65.2 Å². The monoisotopic (exact) mass is 691 g/mol. The largest absolute Gasteiger partial charge is 0.493 e. The van der Waals surface area contributed by atoms with Crippen LogP contribution in [0.5, 0.6) is 5.75 Å². The summed E-state index contributed by atoms with van der Waals surface area (Å²) in [4.78, 5) is 54.0. The fraction of sp³-hybridized carbons (Fsp3) is 0.531. The van der Waals surface area contributed by atoms with Crippen molar-refractivity contribution >= 4 is 44.6 Å². The number of anilines is 1. The highest BCUT2D eigenvalue weighted by atomic mass is 32.2. The number of amides is 1. The number of rotatable bonds is 12. The smallest absolute Gasteiger partial charge is 0.338 e. The van der Waals surface area contributed by atoms with Crippen molar-refractivity contribution in [2.75, 3.05) is 51.0 Å². The maximum atomic E-state index is 14.2. The molecule has 0 aliphatic carbocycles. The quantitative estimate of drug-likeness (QED) is 0.204. The van der Waals surface area contributed by atoms with Crippen LogP contribution in [0.15, 0.2) is 23.0 Å². The minimum Gasteiger partial charge on any atom is -0.493 e. The molecule has 2 aromatic heterocycles. The Labute approximate surface area is 278 Å². The van der Waals surface area contributed by atoms with Gasteiger partial charge in [-0.1, -0.05) is 6.07 Å². The van der Waals surface area contributed by atoms with E-state index in [1.807, 2.05) is 13.8 Å². The van der Waals surface area contributed by atoms with Crippen molar-refractivity contribution in [3.05, 3.63) is 51.2 Å². The molecule has 1 aromatic carbocycles. The minimum atomic E-state index is -4.10. The molecule has 3 aromatic rings. The highest BCUT2D eigenvalue weighted by Gasteiger charge is 2.39. The Bertz CT molecular complexity index is 1910. The van der Waals surface area contributed by atoms with Gasteiger partial charge in [0.25, 0.3) is 11.5 Å². The van der Waals surface area contributed by atoms with Crippen LogP contribution < -0.4 is 14.6 Å². The molecule has 0 saturated heterocycles. The van der Waals surface area contributed by atoms with Crippen molar-refractivity contribution in [1.29, 1.82) is 0 Å². The second kappa shape index (κ2) is 13.9. The molecule has 262 valence electrons. The van der Waals surface area contributed by atoms with Gasteiger partial charge in [0.2, 0.25) is 10.0 Å². The van der Waals surface area contributed by atoms with Crippen LogP contribution in [0.1, 0.15) is 79.9 Å². The molecule has 14 nitrogen and oxygen atoms in total. The van der Waals surface area contributed by atoms with E-state index < -0.39 is 50.7 Å². The van der Waals surface area contributed by atoms with Crippen molar-refractivity contribution in [2.24, 2.45) is 5.41 Å². The maximum absolute atomic E-state index is 14.2. The Hall–Kier alpha value is -4.47. The highest BCUT2D eigenvalue weighted by molar-refractivity contribution is 7.92. The molecule has 1 aliphatic heterocycles. The number of benzene rings is 1. The normalized spacial score (nSPS) is 15.0. The van der Waals surface area contributed by atoms with Gasteiger partial charge in [-0.15, -0.1) is 5.10 Å². The summed E-state index contributed by atoms with van der Waals surface area (Å²) in [6.45, 7) is 9.17. The molecular formula is C32H42FN5O9S. The van der Waals surface area contributed by atoms with Gasteiger partial charge in [0.1, 0.15) is 16.7 Å². The third-order valence-electron chi connectivity index (χ3n) is 8.19. The molecule has 1 amide bonds. The van der Waals surface area contributed by atoms with Gasteiger partial charge in [0, 0.05) is 26.2 Å². The molecule has 1 unspecified atom stereocenters. The summed E-state index contributed by atoms with van der Waals surface area (Å²) in [6, 6.07) is 2.99. The van der Waals surface area contributed by atoms with Gasteiger partial charge in [-0.2, -0.15) is 0 Å². The summed E-state index contributed by atoms with van der Waals surface area (Å²) >= 11 is 0. The van der Waals surface area contributed by atoms with Crippen LogP contribution in [0.25, 0.3) is 10.9 Å². The maximum Gasteiger partial charge on any atom is 0.338 e. The lowest BCUT2D eigenvalue weighted by Crippen LogP contribution is -2.42. The van der Waals surface area contributed by atoms with Crippen LogP contribution >= 0.6 is 0 Å². The van der Waals surface area contributed by atoms with Gasteiger partial charge >= 0.3 is 11.9 Å². The lowest BCUT2D eigenvalue weighted by atomic mass is 9.97. The van der Waals surface area contributed by atoms with Gasteiger partial charge < -0.3 is 23.7 Å². The predicted molar refractivity (Wildman–Crippen MR) is 176 cm³/mol. The Balaban J connectivity index is 1.87. The molecule has 1 atom stereocenters. The number of halogens is 1. The van der Waals surface area contributed by atoms with Crippen molar-refractivity contribution in [1.82, 2.24) is 19.2 Å². The number of aromatic nitrogens is 3. The average Bonchev–Trinajstić information content (AvgIpc) is 3.39. The van der Waals surface area contributed by atoms with Gasteiger partial charge in [0.15, 0.2) is 17.3 Å². The summed E-state index contributed by atoms with van der Waals surface area (Å²) in [6.07, 6.45) is 0.436. The highest BCUT2D eigenvalue weighted by Crippen LogP contribution is 2.41. The zero-order chi connectivity index (χ0) is 35.7. The van der Waals surface area contributed by atoms with Crippen LogP contribution in [0.3, 0.4) is 0 Å². The molecule has 48 heavy (non-hydrogen) atoms. The van der Waals surface area contributed by atoms with E-state index >= 15 is 0 Å². The number of likely N-dealkylation sites (N-methyl/N-ethyl adjacent to an activating group) is 1. The number of nitrogens with zero attached hydrogens (tertiary/aromatic N) is 5. The van der Waals surface area contributed by atoms with Crippen molar-refractivity contribution in [3.8, 4) is 5.75 Å². The van der Waals surface area contributed by atoms with E-state index in [-0.39, 0.29) is 71.0 Å². The Morgan fingerprint density at radius 3 is 2.44 bits per heavy atom. The standard InChI is InChI=1S/C32H42FN5O9S/c1-9-36-17-19(2)38-24-23(26(45-7)25(38)29(36)40)28(39)37(18-20-12-13-21(33)16-22(20)30(41)46-8)34-27(24)35(6)48(43,44)15-11-10-14-47-31(42)32(3,4)5/h12-13,16,19H,9-11,14-15,17-18H2,1-8H3. The number of carbonyl (C=O) groups excluding carboxylic acids is 3. The number of sulfonamides is 1. The number of ether oxygens (including phenoxy) is 3. The first-order valence-electron chi connectivity index (χ1n) is 15.5. The van der Waals surface area contributed by atoms with Crippen molar-refractivity contribution in [3.63, 3.8) is 0 Å². The SMILES string of the molecule is CCN1CC(C)n2c(c(OC)c3c(=O)n(Cc4ccc(F)cc4C(=O)OC)nc(N(C)S(=O)(=O)CCCCOC(=O)C(C)(C)C)c32)C1=O. The third kappa shape index (κ3) is 6.89. The van der Waals surface area contributed by atoms with Crippen molar-refractivity contribution < 1.29 is 41.4 Å². The fourth-order valence-electron chi connectivity index (χ4n) is 5.57. The molecule has 0 N–H and O–H groups in total. The molecule has 1 aliphatic rings. The molecule has 3 heterocycles. The summed E-state index contributed by atoms with van der Waals surface area (Å²) in [7, 11) is -0.358. The second-order valence-electron chi connectivity index (χ2n) is 12.6. The first-order chi connectivity index (χ1) is 22.5. The molecule has 4 rings (SSSR count). The predicted octanol–water partition coefficient (Wildman–Crippen LogP) is 3.35. The van der Waals surface area contributed by atoms with Crippen molar-refractivity contribution in [2.45, 2.75) is 60.0 Å². The number of hydrogen-bond donors (Lipinski definition) is 0. The Morgan fingerprint density at radius 2 is 1.83 bits per heavy atom. The van der Waals surface area contributed by atoms with E-state index in [1.165, 1.54) is 20.2 Å². The fourth-order valence-corrected chi connectivity index (χ4v) is 6.80. The van der Waals surface area contributed by atoms with E-state index in [0.717, 1.165) is 28.2 Å². The van der Waals surface area contributed by atoms with Crippen LogP contribution in [-0.4, -0.2) is 92.2 Å². The molecule has 0 radical (unpaired) electrons. The molecular weight excluding hydrogens is 649 g/mol. The number of fused-ring (bicyclic) bond motifs is 3. The van der Waals surface area contributed by atoms with E-state index in [9.17, 15) is 32.0 Å². The average molecular weight is 692 g/mol. The zero-order valence-electron chi connectivity index (χ0n) is 28.5. The Kier molecular flexibility index (Phi) is 10.6.